The Morgan fingerprint density at radius 3 is 2.63 bits per heavy atom. The number of hydrogen-bond acceptors (Lipinski definition) is 6. The maximum absolute atomic E-state index is 12.5. The van der Waals surface area contributed by atoms with Gasteiger partial charge in [-0.3, -0.25) is 15.1 Å². The van der Waals surface area contributed by atoms with Crippen LogP contribution in [0.25, 0.3) is 11.0 Å². The number of hydrogen-bond donors (Lipinski definition) is 2. The molecule has 27 heavy (non-hydrogen) atoms. The molecule has 4 rings (SSSR count). The predicted molar refractivity (Wildman–Crippen MR) is 107 cm³/mol. The maximum Gasteiger partial charge on any atom is 0.238 e. The lowest BCUT2D eigenvalue weighted by atomic mass is 10.0. The highest BCUT2D eigenvalue weighted by Gasteiger charge is 2.16. The SMILES string of the molecule is O=C(CNC(c1ccccc1)c1ccccn1)Nc1cccc2nsnc12. The first-order valence-electron chi connectivity index (χ1n) is 8.51. The van der Waals surface area contributed by atoms with E-state index in [1.54, 1.807) is 6.20 Å². The number of fused-ring (bicyclic) bond motifs is 1. The van der Waals surface area contributed by atoms with E-state index in [1.165, 1.54) is 0 Å². The van der Waals surface area contributed by atoms with Gasteiger partial charge in [0.15, 0.2) is 0 Å². The number of nitrogens with one attached hydrogen (secondary N) is 2. The third kappa shape index (κ3) is 3.99. The molecule has 4 aromatic rings. The molecule has 0 aliphatic carbocycles. The summed E-state index contributed by atoms with van der Waals surface area (Å²) in [7, 11) is 0. The van der Waals surface area contributed by atoms with E-state index < -0.39 is 0 Å². The van der Waals surface area contributed by atoms with Crippen molar-refractivity contribution in [3.05, 3.63) is 84.2 Å². The normalized spacial score (nSPS) is 12.0. The first-order chi connectivity index (χ1) is 13.3. The van der Waals surface area contributed by atoms with E-state index in [9.17, 15) is 4.79 Å². The lowest BCUT2D eigenvalue weighted by Gasteiger charge is -2.18. The Bertz CT molecular complexity index is 996. The molecule has 6 nitrogen and oxygen atoms in total. The van der Waals surface area contributed by atoms with Crippen molar-refractivity contribution in [3.63, 3.8) is 0 Å². The van der Waals surface area contributed by atoms with E-state index in [0.29, 0.717) is 11.2 Å². The van der Waals surface area contributed by atoms with Crippen molar-refractivity contribution in [1.82, 2.24) is 19.0 Å². The van der Waals surface area contributed by atoms with Gasteiger partial charge in [0.2, 0.25) is 5.91 Å². The van der Waals surface area contributed by atoms with Crippen molar-refractivity contribution in [2.75, 3.05) is 11.9 Å². The van der Waals surface area contributed by atoms with Gasteiger partial charge < -0.3 is 5.32 Å². The lowest BCUT2D eigenvalue weighted by Crippen LogP contribution is -2.32. The van der Waals surface area contributed by atoms with Crippen LogP contribution in [0.15, 0.2) is 72.9 Å². The Morgan fingerprint density at radius 1 is 0.963 bits per heavy atom. The molecular formula is C20H17N5OS. The van der Waals surface area contributed by atoms with Crippen LogP contribution in [-0.4, -0.2) is 26.2 Å². The summed E-state index contributed by atoms with van der Waals surface area (Å²) in [6.45, 7) is 0.143. The van der Waals surface area contributed by atoms with E-state index in [2.05, 4.69) is 24.4 Å². The van der Waals surface area contributed by atoms with Gasteiger partial charge in [-0.05, 0) is 29.8 Å². The molecule has 2 N–H and O–H groups in total. The maximum atomic E-state index is 12.5. The lowest BCUT2D eigenvalue weighted by molar-refractivity contribution is -0.115. The van der Waals surface area contributed by atoms with Crippen LogP contribution in [0, 0.1) is 0 Å². The third-order valence-electron chi connectivity index (χ3n) is 4.14. The molecule has 0 saturated carbocycles. The van der Waals surface area contributed by atoms with Crippen molar-refractivity contribution < 1.29 is 4.79 Å². The molecule has 7 heteroatoms. The number of amides is 1. The number of nitrogens with zero attached hydrogens (tertiary/aromatic N) is 3. The topological polar surface area (TPSA) is 79.8 Å². The zero-order valence-electron chi connectivity index (χ0n) is 14.4. The van der Waals surface area contributed by atoms with Crippen LogP contribution in [-0.2, 0) is 4.79 Å². The number of pyridine rings is 1. The molecule has 2 aromatic carbocycles. The Morgan fingerprint density at radius 2 is 1.81 bits per heavy atom. The molecule has 0 saturated heterocycles. The molecule has 0 aliphatic heterocycles. The van der Waals surface area contributed by atoms with Crippen LogP contribution in [0.5, 0.6) is 0 Å². The van der Waals surface area contributed by atoms with Crippen molar-refractivity contribution in [2.45, 2.75) is 6.04 Å². The Labute approximate surface area is 160 Å². The smallest absolute Gasteiger partial charge is 0.238 e. The van der Waals surface area contributed by atoms with E-state index in [0.717, 1.165) is 28.5 Å². The van der Waals surface area contributed by atoms with Gasteiger partial charge in [-0.1, -0.05) is 42.5 Å². The largest absolute Gasteiger partial charge is 0.323 e. The molecule has 0 aliphatic rings. The van der Waals surface area contributed by atoms with Crippen LogP contribution in [0.3, 0.4) is 0 Å². The second kappa shape index (κ2) is 8.03. The number of rotatable bonds is 6. The van der Waals surface area contributed by atoms with Crippen LogP contribution < -0.4 is 10.6 Å². The van der Waals surface area contributed by atoms with E-state index in [4.69, 9.17) is 0 Å². The number of benzene rings is 2. The van der Waals surface area contributed by atoms with Gasteiger partial charge in [-0.15, -0.1) is 0 Å². The zero-order chi connectivity index (χ0) is 18.5. The van der Waals surface area contributed by atoms with Gasteiger partial charge in [0.25, 0.3) is 0 Å². The highest BCUT2D eigenvalue weighted by atomic mass is 32.1. The summed E-state index contributed by atoms with van der Waals surface area (Å²) in [5.41, 5.74) is 4.07. The summed E-state index contributed by atoms with van der Waals surface area (Å²) in [6, 6.07) is 21.1. The molecule has 1 atom stereocenters. The average molecular weight is 375 g/mol. The summed E-state index contributed by atoms with van der Waals surface area (Å²) in [4.78, 5) is 16.9. The summed E-state index contributed by atoms with van der Waals surface area (Å²) in [5.74, 6) is -0.146. The Balaban J connectivity index is 1.49. The average Bonchev–Trinajstić information content (AvgIpc) is 3.20. The standard InChI is InChI=1S/C20H17N5OS/c26-18(23-16-10-6-11-17-20(16)25-27-24-17)13-22-19(14-7-2-1-3-8-14)15-9-4-5-12-21-15/h1-12,19,22H,13H2,(H,23,26). The molecule has 2 aromatic heterocycles. The van der Waals surface area contributed by atoms with Crippen molar-refractivity contribution in [3.8, 4) is 0 Å². The first kappa shape index (κ1) is 17.3. The van der Waals surface area contributed by atoms with E-state index in [1.807, 2.05) is 66.7 Å². The minimum absolute atomic E-state index is 0.143. The first-order valence-corrected chi connectivity index (χ1v) is 9.25. The summed E-state index contributed by atoms with van der Waals surface area (Å²) in [6.07, 6.45) is 1.75. The summed E-state index contributed by atoms with van der Waals surface area (Å²) >= 11 is 1.13. The van der Waals surface area contributed by atoms with Gasteiger partial charge in [-0.25, -0.2) is 0 Å². The fourth-order valence-electron chi connectivity index (χ4n) is 2.88. The van der Waals surface area contributed by atoms with Crippen LogP contribution in [0.2, 0.25) is 0 Å². The number of anilines is 1. The highest BCUT2D eigenvalue weighted by molar-refractivity contribution is 7.00. The molecule has 0 radical (unpaired) electrons. The van der Waals surface area contributed by atoms with Crippen LogP contribution in [0.1, 0.15) is 17.3 Å². The van der Waals surface area contributed by atoms with E-state index >= 15 is 0 Å². The number of carbonyl (C=O) groups excluding carboxylic acids is 1. The van der Waals surface area contributed by atoms with Crippen molar-refractivity contribution >= 4 is 34.4 Å². The molecule has 0 bridgehead atoms. The van der Waals surface area contributed by atoms with Crippen LogP contribution >= 0.6 is 11.7 Å². The highest BCUT2D eigenvalue weighted by Crippen LogP contribution is 2.22. The fourth-order valence-corrected chi connectivity index (χ4v) is 3.43. The van der Waals surface area contributed by atoms with Crippen LogP contribution in [0.4, 0.5) is 5.69 Å². The van der Waals surface area contributed by atoms with E-state index in [-0.39, 0.29) is 18.5 Å². The Kier molecular flexibility index (Phi) is 5.13. The number of aromatic nitrogens is 3. The predicted octanol–water partition coefficient (Wildman–Crippen LogP) is 3.40. The quantitative estimate of drug-likeness (QED) is 0.540. The monoisotopic (exact) mass is 375 g/mol. The summed E-state index contributed by atoms with van der Waals surface area (Å²) in [5, 5.41) is 6.22. The molecule has 1 unspecified atom stereocenters. The molecule has 0 fully saturated rings. The summed E-state index contributed by atoms with van der Waals surface area (Å²) < 4.78 is 8.44. The second-order valence-electron chi connectivity index (χ2n) is 5.96. The minimum Gasteiger partial charge on any atom is -0.323 e. The zero-order valence-corrected chi connectivity index (χ0v) is 15.2. The molecule has 2 heterocycles. The molecular weight excluding hydrogens is 358 g/mol. The van der Waals surface area contributed by atoms with Gasteiger partial charge in [-0.2, -0.15) is 8.75 Å². The third-order valence-corrected chi connectivity index (χ3v) is 4.69. The van der Waals surface area contributed by atoms with Gasteiger partial charge >= 0.3 is 0 Å². The van der Waals surface area contributed by atoms with Crippen molar-refractivity contribution in [2.24, 2.45) is 0 Å². The minimum atomic E-state index is -0.171. The molecule has 1 amide bonds. The number of carbonyl (C=O) groups is 1. The Hall–Kier alpha value is -3.16. The molecule has 0 spiro atoms. The van der Waals surface area contributed by atoms with Gasteiger partial charge in [0.05, 0.1) is 35.7 Å². The van der Waals surface area contributed by atoms with Crippen molar-refractivity contribution in [1.29, 1.82) is 0 Å². The molecule has 134 valence electrons. The van der Waals surface area contributed by atoms with Gasteiger partial charge in [0.1, 0.15) is 11.0 Å². The second-order valence-corrected chi connectivity index (χ2v) is 6.49. The van der Waals surface area contributed by atoms with Gasteiger partial charge in [0, 0.05) is 6.20 Å². The fraction of sp³-hybridized carbons (Fsp3) is 0.100.